The molecule has 156 valence electrons. The van der Waals surface area contributed by atoms with Crippen LogP contribution in [0.15, 0.2) is 47.3 Å². The van der Waals surface area contributed by atoms with Crippen molar-refractivity contribution in [3.8, 4) is 17.2 Å². The van der Waals surface area contributed by atoms with E-state index in [9.17, 15) is 9.59 Å². The smallest absolute Gasteiger partial charge is 0.320 e. The van der Waals surface area contributed by atoms with Gasteiger partial charge in [-0.3, -0.25) is 15.1 Å². The number of carbonyl (C=O) groups is 1. The molecule has 2 aromatic heterocycles. The monoisotopic (exact) mass is 406 g/mol. The molecule has 0 aliphatic heterocycles. The Morgan fingerprint density at radius 3 is 2.67 bits per heavy atom. The first kappa shape index (κ1) is 19.9. The Bertz CT molecular complexity index is 1070. The van der Waals surface area contributed by atoms with Crippen LogP contribution < -0.4 is 16.2 Å². The van der Waals surface area contributed by atoms with Gasteiger partial charge in [0.15, 0.2) is 0 Å². The molecule has 0 radical (unpaired) electrons. The van der Waals surface area contributed by atoms with Gasteiger partial charge in [0.25, 0.3) is 5.56 Å². The van der Waals surface area contributed by atoms with Crippen LogP contribution in [-0.2, 0) is 6.42 Å². The molecular weight excluding hydrogens is 380 g/mol. The molecular formula is C22H26N6O2. The molecule has 8 heteroatoms. The number of anilines is 1. The fourth-order valence-corrected chi connectivity index (χ4v) is 3.74. The first-order valence-corrected chi connectivity index (χ1v) is 10.5. The lowest BCUT2D eigenvalue weighted by atomic mass is 9.96. The summed E-state index contributed by atoms with van der Waals surface area (Å²) in [5.74, 6) is 0.716. The van der Waals surface area contributed by atoms with Crippen LogP contribution >= 0.6 is 0 Å². The quantitative estimate of drug-likeness (QED) is 0.602. The van der Waals surface area contributed by atoms with Crippen LogP contribution in [0.3, 0.4) is 0 Å². The molecule has 2 heterocycles. The highest BCUT2D eigenvalue weighted by molar-refractivity contribution is 5.89. The van der Waals surface area contributed by atoms with Crippen LogP contribution in [0.4, 0.5) is 10.6 Å². The van der Waals surface area contributed by atoms with Crippen LogP contribution in [-0.4, -0.2) is 31.8 Å². The number of aromatic nitrogens is 4. The maximum absolute atomic E-state index is 12.6. The summed E-state index contributed by atoms with van der Waals surface area (Å²) in [5, 5.41) is 10.5. The van der Waals surface area contributed by atoms with Crippen LogP contribution in [0.1, 0.15) is 44.7 Å². The molecule has 0 unspecified atom stereocenters. The number of hydrogen-bond donors (Lipinski definition) is 3. The molecule has 0 saturated heterocycles. The van der Waals surface area contributed by atoms with Crippen molar-refractivity contribution in [3.63, 3.8) is 0 Å². The summed E-state index contributed by atoms with van der Waals surface area (Å²) < 4.78 is 1.48. The van der Waals surface area contributed by atoms with E-state index in [0.29, 0.717) is 23.6 Å². The van der Waals surface area contributed by atoms with Crippen molar-refractivity contribution in [3.05, 3.63) is 58.5 Å². The summed E-state index contributed by atoms with van der Waals surface area (Å²) in [6.45, 7) is 1.93. The van der Waals surface area contributed by atoms with Crippen molar-refractivity contribution in [2.24, 2.45) is 0 Å². The number of aryl methyl sites for hydroxylation is 1. The third kappa shape index (κ3) is 4.59. The molecule has 1 aromatic carbocycles. The van der Waals surface area contributed by atoms with Gasteiger partial charge in [-0.05, 0) is 19.3 Å². The van der Waals surface area contributed by atoms with Gasteiger partial charge in [-0.15, -0.1) is 0 Å². The number of nitrogens with zero attached hydrogens (tertiary/aromatic N) is 3. The first-order chi connectivity index (χ1) is 14.6. The van der Waals surface area contributed by atoms with E-state index in [4.69, 9.17) is 0 Å². The fraction of sp³-hybridized carbons (Fsp3) is 0.364. The van der Waals surface area contributed by atoms with E-state index < -0.39 is 0 Å². The molecule has 1 saturated carbocycles. The first-order valence-electron chi connectivity index (χ1n) is 10.5. The Kier molecular flexibility index (Phi) is 5.92. The minimum atomic E-state index is -0.281. The summed E-state index contributed by atoms with van der Waals surface area (Å²) in [7, 11) is 0. The van der Waals surface area contributed by atoms with E-state index in [0.717, 1.165) is 31.2 Å². The van der Waals surface area contributed by atoms with Gasteiger partial charge >= 0.3 is 6.03 Å². The van der Waals surface area contributed by atoms with Crippen molar-refractivity contribution in [2.45, 2.75) is 51.5 Å². The van der Waals surface area contributed by atoms with E-state index in [2.05, 4.69) is 25.7 Å². The zero-order valence-corrected chi connectivity index (χ0v) is 17.0. The van der Waals surface area contributed by atoms with Crippen molar-refractivity contribution < 1.29 is 4.79 Å². The molecule has 0 atom stereocenters. The molecule has 0 spiro atoms. The van der Waals surface area contributed by atoms with Crippen LogP contribution in [0.2, 0.25) is 0 Å². The predicted molar refractivity (Wildman–Crippen MR) is 116 cm³/mol. The number of rotatable bonds is 5. The zero-order valence-electron chi connectivity index (χ0n) is 17.0. The third-order valence-electron chi connectivity index (χ3n) is 5.31. The number of aromatic amines is 1. The zero-order chi connectivity index (χ0) is 20.9. The van der Waals surface area contributed by atoms with Crippen LogP contribution in [0.5, 0.6) is 0 Å². The predicted octanol–water partition coefficient (Wildman–Crippen LogP) is 3.64. The lowest BCUT2D eigenvalue weighted by Crippen LogP contribution is -2.39. The average Bonchev–Trinajstić information content (AvgIpc) is 3.18. The number of hydrogen-bond acceptors (Lipinski definition) is 4. The highest BCUT2D eigenvalue weighted by Gasteiger charge is 2.19. The Morgan fingerprint density at radius 1 is 1.17 bits per heavy atom. The molecule has 8 nitrogen and oxygen atoms in total. The standard InChI is InChI=1S/C22H26N6O2/c1-2-16-13-20(29)26-21(23-16)28-19(14-18(27-28)15-9-5-3-6-10-15)25-22(30)24-17-11-7-4-8-12-17/h3,5-6,9-10,13-14,17H,2,4,7-8,11-12H2,1H3,(H,23,26,29)(H2,24,25,30). The fourth-order valence-electron chi connectivity index (χ4n) is 3.74. The van der Waals surface area contributed by atoms with Crippen molar-refractivity contribution in [2.75, 3.05) is 5.32 Å². The number of amides is 2. The van der Waals surface area contributed by atoms with Gasteiger partial charge in [0.1, 0.15) is 5.82 Å². The van der Waals surface area contributed by atoms with Gasteiger partial charge in [0.2, 0.25) is 5.95 Å². The maximum atomic E-state index is 12.6. The molecule has 3 N–H and O–H groups in total. The summed E-state index contributed by atoms with van der Waals surface area (Å²) in [6.07, 6.45) is 6.10. The Labute approximate surface area is 174 Å². The largest absolute Gasteiger partial charge is 0.335 e. The van der Waals surface area contributed by atoms with Gasteiger partial charge < -0.3 is 5.32 Å². The highest BCUT2D eigenvalue weighted by atomic mass is 16.2. The van der Waals surface area contributed by atoms with E-state index in [1.54, 1.807) is 6.07 Å². The van der Waals surface area contributed by atoms with Gasteiger partial charge in [-0.25, -0.2) is 9.78 Å². The molecule has 4 rings (SSSR count). The van der Waals surface area contributed by atoms with Crippen molar-refractivity contribution >= 4 is 11.8 Å². The van der Waals surface area contributed by atoms with Crippen LogP contribution in [0, 0.1) is 0 Å². The Hall–Kier alpha value is -3.42. The summed E-state index contributed by atoms with van der Waals surface area (Å²) >= 11 is 0. The van der Waals surface area contributed by atoms with Gasteiger partial charge in [-0.1, -0.05) is 56.5 Å². The molecule has 1 aliphatic rings. The lowest BCUT2D eigenvalue weighted by Gasteiger charge is -2.22. The number of urea groups is 1. The topological polar surface area (TPSA) is 105 Å². The number of H-pyrrole nitrogens is 1. The SMILES string of the molecule is CCc1cc(=O)[nH]c(-n2nc(-c3ccccc3)cc2NC(=O)NC2CCCCC2)n1. The highest BCUT2D eigenvalue weighted by Crippen LogP contribution is 2.24. The van der Waals surface area contributed by atoms with Gasteiger partial charge in [-0.2, -0.15) is 9.78 Å². The number of benzene rings is 1. The third-order valence-corrected chi connectivity index (χ3v) is 5.31. The van der Waals surface area contributed by atoms with Crippen molar-refractivity contribution in [1.82, 2.24) is 25.1 Å². The van der Waals surface area contributed by atoms with E-state index >= 15 is 0 Å². The minimum absolute atomic E-state index is 0.185. The second-order valence-electron chi connectivity index (χ2n) is 7.54. The Morgan fingerprint density at radius 2 is 1.93 bits per heavy atom. The van der Waals surface area contributed by atoms with E-state index in [1.165, 1.54) is 17.2 Å². The molecule has 1 fully saturated rings. The maximum Gasteiger partial charge on any atom is 0.320 e. The molecule has 1 aliphatic carbocycles. The molecule has 2 amide bonds. The second-order valence-corrected chi connectivity index (χ2v) is 7.54. The normalized spacial score (nSPS) is 14.4. The molecule has 30 heavy (non-hydrogen) atoms. The number of carbonyl (C=O) groups excluding carboxylic acids is 1. The van der Waals surface area contributed by atoms with Crippen molar-refractivity contribution in [1.29, 1.82) is 0 Å². The van der Waals surface area contributed by atoms with Gasteiger partial charge in [0, 0.05) is 29.4 Å². The average molecular weight is 406 g/mol. The Balaban J connectivity index is 1.67. The minimum Gasteiger partial charge on any atom is -0.335 e. The molecule has 3 aromatic rings. The van der Waals surface area contributed by atoms with E-state index in [1.807, 2.05) is 37.3 Å². The second kappa shape index (κ2) is 8.94. The molecule has 0 bridgehead atoms. The van der Waals surface area contributed by atoms with E-state index in [-0.39, 0.29) is 23.6 Å². The van der Waals surface area contributed by atoms with Gasteiger partial charge in [0.05, 0.1) is 5.69 Å². The number of nitrogens with one attached hydrogen (secondary N) is 3. The summed E-state index contributed by atoms with van der Waals surface area (Å²) in [5.41, 5.74) is 1.98. The lowest BCUT2D eigenvalue weighted by molar-refractivity contribution is 0.244. The summed E-state index contributed by atoms with van der Waals surface area (Å²) in [6, 6.07) is 12.8. The van der Waals surface area contributed by atoms with Crippen LogP contribution in [0.25, 0.3) is 17.2 Å². The summed E-state index contributed by atoms with van der Waals surface area (Å²) in [4.78, 5) is 31.9.